The van der Waals surface area contributed by atoms with Crippen LogP contribution in [0.1, 0.15) is 104 Å². The number of primary amides is 2. The highest BCUT2D eigenvalue weighted by Crippen LogP contribution is 2.53. The van der Waals surface area contributed by atoms with Gasteiger partial charge in [-0.3, -0.25) is 47.9 Å². The van der Waals surface area contributed by atoms with Crippen molar-refractivity contribution in [1.29, 1.82) is 0 Å². The SMILES string of the molecule is CC(C)=CCC/C(C)=C/C[C@]12C[C@@H](C(=O)N[C@H](C(=O)N3CCC[C@H]3C(=O)N[C@@H](CO)C(=O)O)C(C)C)N(C(=O)[C@H](CC(N)=O)NC(=O)CNC(=O)[C@H](CC(N)=O)NC(=O)[C@@H](NC(=O)[C@@H](N)Cc3ccc(O)cc3)[C@@H](C)O)[C@H]1Nc1ccccc12. The number of hydrogen-bond donors (Lipinski definition) is 14. The summed E-state index contributed by atoms with van der Waals surface area (Å²) in [6.45, 7) is 8.64. The van der Waals surface area contributed by atoms with E-state index in [2.05, 4.69) is 43.3 Å². The Morgan fingerprint density at radius 3 is 2.01 bits per heavy atom. The van der Waals surface area contributed by atoms with Gasteiger partial charge in [-0.05, 0) is 108 Å². The van der Waals surface area contributed by atoms with Gasteiger partial charge in [-0.25, -0.2) is 4.79 Å². The number of carboxylic acids is 1. The first-order valence-electron chi connectivity index (χ1n) is 27.8. The van der Waals surface area contributed by atoms with Gasteiger partial charge in [-0.1, -0.05) is 67.5 Å². The number of nitrogens with two attached hydrogens (primary N) is 3. The minimum atomic E-state index is -1.80. The lowest BCUT2D eigenvalue weighted by Crippen LogP contribution is -2.62. The highest BCUT2D eigenvalue weighted by Gasteiger charge is 2.61. The number of anilines is 1. The van der Waals surface area contributed by atoms with Crippen LogP contribution in [0.4, 0.5) is 5.69 Å². The van der Waals surface area contributed by atoms with E-state index in [1.165, 1.54) is 41.0 Å². The van der Waals surface area contributed by atoms with Crippen LogP contribution < -0.4 is 54.4 Å². The fraction of sp³-hybridized carbons (Fsp3) is 0.526. The third kappa shape index (κ3) is 17.1. The largest absolute Gasteiger partial charge is 0.508 e. The molecule has 5 rings (SSSR count). The topological polar surface area (TPSA) is 437 Å². The maximum atomic E-state index is 15.4. The van der Waals surface area contributed by atoms with Gasteiger partial charge in [0.05, 0.1) is 38.1 Å². The fourth-order valence-corrected chi connectivity index (χ4v) is 10.6. The zero-order valence-electron chi connectivity index (χ0n) is 48.0. The van der Waals surface area contributed by atoms with Crippen molar-refractivity contribution >= 4 is 70.7 Å². The predicted molar refractivity (Wildman–Crippen MR) is 304 cm³/mol. The maximum Gasteiger partial charge on any atom is 0.328 e. The zero-order valence-corrected chi connectivity index (χ0v) is 48.0. The number of fused-ring (bicyclic) bond motifs is 3. The number of aliphatic hydroxyl groups is 2. The van der Waals surface area contributed by atoms with Gasteiger partial charge < -0.3 is 84.6 Å². The number of carbonyl (C=O) groups is 11. The molecule has 27 heteroatoms. The number of amides is 10. The van der Waals surface area contributed by atoms with Gasteiger partial charge in [0.2, 0.25) is 59.1 Å². The van der Waals surface area contributed by atoms with E-state index >= 15 is 9.59 Å². The van der Waals surface area contributed by atoms with E-state index in [0.717, 1.165) is 23.1 Å². The number of benzene rings is 2. The van der Waals surface area contributed by atoms with Crippen molar-refractivity contribution in [3.8, 4) is 5.75 Å². The van der Waals surface area contributed by atoms with Crippen molar-refractivity contribution in [2.24, 2.45) is 23.1 Å². The molecule has 3 heterocycles. The van der Waals surface area contributed by atoms with E-state index in [1.807, 2.05) is 32.9 Å². The second-order valence-electron chi connectivity index (χ2n) is 22.2. The van der Waals surface area contributed by atoms with Gasteiger partial charge in [-0.2, -0.15) is 0 Å². The number of nitrogens with one attached hydrogen (secondary N) is 7. The van der Waals surface area contributed by atoms with Crippen molar-refractivity contribution in [2.45, 2.75) is 165 Å². The summed E-state index contributed by atoms with van der Waals surface area (Å²) >= 11 is 0. The summed E-state index contributed by atoms with van der Waals surface area (Å²) in [4.78, 5) is 152. The molecule has 2 aromatic carbocycles. The van der Waals surface area contributed by atoms with Gasteiger partial charge in [-0.15, -0.1) is 0 Å². The van der Waals surface area contributed by atoms with E-state index in [9.17, 15) is 63.6 Å². The maximum absolute atomic E-state index is 15.4. The Bertz CT molecular complexity index is 2860. The molecule has 0 unspecified atom stereocenters. The van der Waals surface area contributed by atoms with Crippen molar-refractivity contribution in [1.82, 2.24) is 41.7 Å². The predicted octanol–water partition coefficient (Wildman–Crippen LogP) is -1.97. The molecule has 2 saturated heterocycles. The molecule has 0 radical (unpaired) electrons. The molecule has 3 aliphatic heterocycles. The third-order valence-corrected chi connectivity index (χ3v) is 15.1. The highest BCUT2D eigenvalue weighted by molar-refractivity contribution is 6.00. The molecule has 0 aliphatic carbocycles. The number of aliphatic carboxylic acids is 1. The molecule has 11 atom stereocenters. The number of allylic oxidation sites excluding steroid dienone is 4. The van der Waals surface area contributed by atoms with Crippen molar-refractivity contribution < 1.29 is 73.2 Å². The minimum absolute atomic E-state index is 0.0224. The molecule has 84 heavy (non-hydrogen) atoms. The summed E-state index contributed by atoms with van der Waals surface area (Å²) in [5.41, 5.74) is 20.2. The van der Waals surface area contributed by atoms with Crippen LogP contribution in [-0.4, -0.2) is 176 Å². The first-order chi connectivity index (χ1) is 39.6. The monoisotopic (exact) mass is 1170 g/mol. The molecule has 2 fully saturated rings. The van der Waals surface area contributed by atoms with Crippen LogP contribution in [0.3, 0.4) is 0 Å². The summed E-state index contributed by atoms with van der Waals surface area (Å²) in [5.74, 6) is -11.8. The van der Waals surface area contributed by atoms with Crippen LogP contribution >= 0.6 is 0 Å². The molecule has 10 amide bonds. The van der Waals surface area contributed by atoms with E-state index in [-0.39, 0.29) is 38.0 Å². The molecule has 458 valence electrons. The lowest BCUT2D eigenvalue weighted by molar-refractivity contribution is -0.147. The van der Waals surface area contributed by atoms with Crippen LogP contribution in [0.2, 0.25) is 0 Å². The number of carbonyl (C=O) groups excluding carboxylic acids is 10. The number of para-hydroxylation sites is 1. The summed E-state index contributed by atoms with van der Waals surface area (Å²) in [6, 6.07) is 0.978. The number of phenols is 1. The lowest BCUT2D eigenvalue weighted by Gasteiger charge is -2.36. The number of aromatic hydroxyl groups is 1. The van der Waals surface area contributed by atoms with Gasteiger partial charge in [0.1, 0.15) is 54.2 Å². The van der Waals surface area contributed by atoms with E-state index < -0.39 is 163 Å². The number of aliphatic hydroxyl groups excluding tert-OH is 2. The Labute approximate surface area is 486 Å². The molecule has 27 nitrogen and oxygen atoms in total. The number of hydrogen-bond acceptors (Lipinski definition) is 16. The average Bonchev–Trinajstić information content (AvgIpc) is 1.59. The third-order valence-electron chi connectivity index (χ3n) is 15.1. The second-order valence-corrected chi connectivity index (χ2v) is 22.2. The number of rotatable bonds is 29. The molecule has 0 spiro atoms. The van der Waals surface area contributed by atoms with Crippen LogP contribution in [0.15, 0.2) is 71.8 Å². The molecular weight excluding hydrogens is 1090 g/mol. The van der Waals surface area contributed by atoms with Crippen LogP contribution in [0, 0.1) is 5.92 Å². The van der Waals surface area contributed by atoms with E-state index in [0.29, 0.717) is 24.1 Å². The Morgan fingerprint density at radius 2 is 1.40 bits per heavy atom. The number of phenolic OH excluding ortho intramolecular Hbond substituents is 1. The van der Waals surface area contributed by atoms with Crippen molar-refractivity contribution in [2.75, 3.05) is 25.0 Å². The average molecular weight is 1170 g/mol. The molecular formula is C57H80N12O15. The lowest BCUT2D eigenvalue weighted by atomic mass is 9.74. The Balaban J connectivity index is 1.43. The molecule has 0 aromatic heterocycles. The Hall–Kier alpha value is -8.43. The second kappa shape index (κ2) is 29.7. The Morgan fingerprint density at radius 1 is 0.762 bits per heavy atom. The standard InChI is InChI=1S/C57H80N12O15/c1-29(2)11-9-12-31(5)20-21-57-26-42(51(79)66-46(30(3)4)54(82)68-22-10-15-41(68)50(78)64-40(28-70)55(83)84)69(56(57)65-37-14-8-7-13-35(37)57)53(81)39(25-44(60)74)62-45(75)27-61-49(77)38(24-43(59)73)63-52(80)47(32(6)71)67-48(76)36(58)23-33-16-18-34(72)19-17-33/h7-8,11,13-14,16-20,30,32,36,38-42,46-47,56,65,70-72H,9-10,12,15,21-28,58H2,1-6H3,(H2,59,73)(H2,60,74)(H,61,77)(H,62,75)(H,63,80)(H,64,78)(H,66,79)(H,67,76)(H,83,84)/b31-20+/t32-,36+,38+,39+,40+,41+,42+,46+,47+,56-,57-/m1/s1. The normalized spacial score (nSPS) is 20.5. The molecule has 17 N–H and O–H groups in total. The van der Waals surface area contributed by atoms with E-state index in [4.69, 9.17) is 17.2 Å². The first kappa shape index (κ1) is 66.4. The summed E-state index contributed by atoms with van der Waals surface area (Å²) < 4.78 is 0. The summed E-state index contributed by atoms with van der Waals surface area (Å²) in [5, 5.41) is 56.9. The van der Waals surface area contributed by atoms with Gasteiger partial charge in [0.15, 0.2) is 0 Å². The van der Waals surface area contributed by atoms with Gasteiger partial charge >= 0.3 is 5.97 Å². The highest BCUT2D eigenvalue weighted by atomic mass is 16.4. The quantitative estimate of drug-likeness (QED) is 0.0393. The minimum Gasteiger partial charge on any atom is -0.508 e. The van der Waals surface area contributed by atoms with Crippen LogP contribution in [0.5, 0.6) is 5.75 Å². The van der Waals surface area contributed by atoms with Crippen molar-refractivity contribution in [3.05, 3.63) is 83.0 Å². The van der Waals surface area contributed by atoms with Crippen LogP contribution in [-0.2, 0) is 64.6 Å². The number of carboxylic acid groups (broad SMARTS) is 1. The van der Waals surface area contributed by atoms with Crippen molar-refractivity contribution in [3.63, 3.8) is 0 Å². The zero-order chi connectivity index (χ0) is 62.3. The number of nitrogens with zero attached hydrogens (tertiary/aromatic N) is 2. The molecule has 3 aliphatic rings. The molecule has 2 aromatic rings. The van der Waals surface area contributed by atoms with Gasteiger partial charge in [0.25, 0.3) is 0 Å². The molecule has 0 bridgehead atoms. The smallest absolute Gasteiger partial charge is 0.328 e. The fourth-order valence-electron chi connectivity index (χ4n) is 10.6. The summed E-state index contributed by atoms with van der Waals surface area (Å²) in [6.07, 6.45) is 1.99. The van der Waals surface area contributed by atoms with Crippen LogP contribution in [0.25, 0.3) is 0 Å². The number of likely N-dealkylation sites (tertiary alicyclic amines) is 2. The Kier molecular flexibility index (Phi) is 23.5. The molecule has 0 saturated carbocycles. The summed E-state index contributed by atoms with van der Waals surface area (Å²) in [7, 11) is 0. The van der Waals surface area contributed by atoms with E-state index in [1.54, 1.807) is 32.0 Å². The van der Waals surface area contributed by atoms with Gasteiger partial charge in [0, 0.05) is 17.6 Å². The first-order valence-corrected chi connectivity index (χ1v) is 27.8.